The minimum absolute atomic E-state index is 0.169. The second-order valence-corrected chi connectivity index (χ2v) is 7.19. The molecule has 0 spiro atoms. The summed E-state index contributed by atoms with van der Waals surface area (Å²) in [7, 11) is 2.07. The van der Waals surface area contributed by atoms with Crippen molar-refractivity contribution in [2.24, 2.45) is 5.92 Å². The summed E-state index contributed by atoms with van der Waals surface area (Å²) in [6, 6.07) is 5.43. The molecule has 7 heteroatoms. The van der Waals surface area contributed by atoms with Crippen LogP contribution in [0.1, 0.15) is 18.4 Å². The zero-order chi connectivity index (χ0) is 18.5. The maximum Gasteiger partial charge on any atom is 0.319 e. The number of anilines is 2. The van der Waals surface area contributed by atoms with Crippen LogP contribution in [-0.2, 0) is 9.53 Å². The molecule has 3 rings (SSSR count). The first kappa shape index (κ1) is 18.7. The molecule has 0 aromatic heterocycles. The Kier molecular flexibility index (Phi) is 6.11. The number of hydrogen-bond donors (Lipinski definition) is 2. The second-order valence-electron chi connectivity index (χ2n) is 7.19. The van der Waals surface area contributed by atoms with Gasteiger partial charge in [-0.2, -0.15) is 0 Å². The lowest BCUT2D eigenvalue weighted by Crippen LogP contribution is -2.37. The van der Waals surface area contributed by atoms with E-state index in [0.29, 0.717) is 25.5 Å². The first-order chi connectivity index (χ1) is 12.5. The molecule has 2 heterocycles. The second kappa shape index (κ2) is 8.51. The fourth-order valence-electron chi connectivity index (χ4n) is 3.53. The maximum atomic E-state index is 12.2. The van der Waals surface area contributed by atoms with E-state index < -0.39 is 0 Å². The van der Waals surface area contributed by atoms with E-state index in [-0.39, 0.29) is 11.9 Å². The number of urea groups is 1. The lowest BCUT2D eigenvalue weighted by atomic mass is 10.1. The lowest BCUT2D eigenvalue weighted by molar-refractivity contribution is -0.117. The molecule has 1 atom stereocenters. The van der Waals surface area contributed by atoms with Crippen LogP contribution < -0.4 is 15.5 Å². The van der Waals surface area contributed by atoms with Gasteiger partial charge in [-0.1, -0.05) is 0 Å². The fraction of sp³-hybridized carbons (Fsp3) is 0.579. The summed E-state index contributed by atoms with van der Waals surface area (Å²) in [6.07, 6.45) is 1.52. The van der Waals surface area contributed by atoms with E-state index in [1.165, 1.54) is 0 Å². The number of likely N-dealkylation sites (N-methyl/N-ethyl adjacent to an activating group) is 1. The molecule has 0 radical (unpaired) electrons. The summed E-state index contributed by atoms with van der Waals surface area (Å²) in [5.74, 6) is 0.459. The minimum Gasteiger partial charge on any atom is -0.380 e. The van der Waals surface area contributed by atoms with Crippen molar-refractivity contribution in [3.05, 3.63) is 23.8 Å². The van der Waals surface area contributed by atoms with Crippen LogP contribution in [0.3, 0.4) is 0 Å². The molecule has 1 aromatic carbocycles. The average Bonchev–Trinajstić information content (AvgIpc) is 2.90. The molecule has 0 saturated carbocycles. The van der Waals surface area contributed by atoms with Gasteiger partial charge in [0.1, 0.15) is 0 Å². The van der Waals surface area contributed by atoms with Gasteiger partial charge in [-0.25, -0.2) is 4.79 Å². The van der Waals surface area contributed by atoms with Gasteiger partial charge in [0.05, 0.1) is 13.2 Å². The van der Waals surface area contributed by atoms with E-state index in [0.717, 1.165) is 49.6 Å². The molecular weight excluding hydrogens is 332 g/mol. The standard InChI is InChI=1S/C19H28N4O3/c1-14-10-16(5-6-17(14)23-7-3-4-18(23)24)21-19(25)20-11-15-12-22(2)8-9-26-13-15/h5-6,10,15H,3-4,7-9,11-13H2,1-2H3,(H2,20,21,25). The number of aryl methyl sites for hydroxylation is 1. The molecule has 2 aliphatic rings. The van der Waals surface area contributed by atoms with E-state index in [4.69, 9.17) is 4.74 Å². The first-order valence-electron chi connectivity index (χ1n) is 9.25. The third-order valence-electron chi connectivity index (χ3n) is 4.91. The molecule has 26 heavy (non-hydrogen) atoms. The predicted molar refractivity (Wildman–Crippen MR) is 102 cm³/mol. The monoisotopic (exact) mass is 360 g/mol. The van der Waals surface area contributed by atoms with Gasteiger partial charge in [-0.15, -0.1) is 0 Å². The molecule has 0 bridgehead atoms. The quantitative estimate of drug-likeness (QED) is 0.859. The predicted octanol–water partition coefficient (Wildman–Crippen LogP) is 1.82. The number of rotatable bonds is 4. The maximum absolute atomic E-state index is 12.2. The molecule has 7 nitrogen and oxygen atoms in total. The highest BCUT2D eigenvalue weighted by Crippen LogP contribution is 2.27. The number of carbonyl (C=O) groups is 2. The summed E-state index contributed by atoms with van der Waals surface area (Å²) >= 11 is 0. The van der Waals surface area contributed by atoms with E-state index in [9.17, 15) is 9.59 Å². The van der Waals surface area contributed by atoms with Crippen LogP contribution in [0.5, 0.6) is 0 Å². The van der Waals surface area contributed by atoms with Crippen LogP contribution >= 0.6 is 0 Å². The molecular formula is C19H28N4O3. The number of amides is 3. The van der Waals surface area contributed by atoms with E-state index in [1.54, 1.807) is 0 Å². The Morgan fingerprint density at radius 3 is 2.92 bits per heavy atom. The Hall–Kier alpha value is -2.12. The highest BCUT2D eigenvalue weighted by atomic mass is 16.5. The molecule has 2 N–H and O–H groups in total. The number of benzene rings is 1. The molecule has 1 aromatic rings. The molecule has 0 aliphatic carbocycles. The third-order valence-corrected chi connectivity index (χ3v) is 4.91. The van der Waals surface area contributed by atoms with Gasteiger partial charge in [0, 0.05) is 49.9 Å². The van der Waals surface area contributed by atoms with E-state index in [1.807, 2.05) is 30.0 Å². The molecule has 2 aliphatic heterocycles. The summed E-state index contributed by atoms with van der Waals surface area (Å²) in [4.78, 5) is 28.1. The first-order valence-corrected chi connectivity index (χ1v) is 9.25. The Morgan fingerprint density at radius 2 is 2.19 bits per heavy atom. The molecule has 2 fully saturated rings. The van der Waals surface area contributed by atoms with Gasteiger partial charge in [0.2, 0.25) is 5.91 Å². The SMILES string of the molecule is Cc1cc(NC(=O)NCC2COCCN(C)C2)ccc1N1CCCC1=O. The third kappa shape index (κ3) is 4.74. The molecule has 1 unspecified atom stereocenters. The van der Waals surface area contributed by atoms with Crippen molar-refractivity contribution in [1.29, 1.82) is 0 Å². The number of nitrogens with one attached hydrogen (secondary N) is 2. The van der Waals surface area contributed by atoms with Crippen LogP contribution in [0.4, 0.5) is 16.2 Å². The van der Waals surface area contributed by atoms with Crippen molar-refractivity contribution < 1.29 is 14.3 Å². The lowest BCUT2D eigenvalue weighted by Gasteiger charge is -2.20. The van der Waals surface area contributed by atoms with Gasteiger partial charge < -0.3 is 25.2 Å². The average molecular weight is 360 g/mol. The van der Waals surface area contributed by atoms with Crippen LogP contribution in [0.15, 0.2) is 18.2 Å². The summed E-state index contributed by atoms with van der Waals surface area (Å²) < 4.78 is 5.57. The minimum atomic E-state index is -0.221. The topological polar surface area (TPSA) is 73.9 Å². The highest BCUT2D eigenvalue weighted by Gasteiger charge is 2.23. The van der Waals surface area contributed by atoms with Crippen LogP contribution in [0.2, 0.25) is 0 Å². The van der Waals surface area contributed by atoms with Crippen molar-refractivity contribution in [2.75, 3.05) is 56.7 Å². The number of nitrogens with zero attached hydrogens (tertiary/aromatic N) is 2. The number of carbonyl (C=O) groups excluding carboxylic acids is 2. The van der Waals surface area contributed by atoms with E-state index in [2.05, 4.69) is 22.6 Å². The van der Waals surface area contributed by atoms with Crippen molar-refractivity contribution in [1.82, 2.24) is 10.2 Å². The number of ether oxygens (including phenoxy) is 1. The molecule has 3 amide bonds. The smallest absolute Gasteiger partial charge is 0.319 e. The zero-order valence-electron chi connectivity index (χ0n) is 15.6. The summed E-state index contributed by atoms with van der Waals surface area (Å²) in [5, 5.41) is 5.79. The van der Waals surface area contributed by atoms with Crippen molar-refractivity contribution in [3.63, 3.8) is 0 Å². The summed E-state index contributed by atoms with van der Waals surface area (Å²) in [5.41, 5.74) is 2.64. The van der Waals surface area contributed by atoms with Crippen LogP contribution in [-0.4, -0.2) is 63.3 Å². The van der Waals surface area contributed by atoms with Gasteiger partial charge in [-0.05, 0) is 44.2 Å². The van der Waals surface area contributed by atoms with Gasteiger partial charge >= 0.3 is 6.03 Å². The van der Waals surface area contributed by atoms with Gasteiger partial charge in [0.15, 0.2) is 0 Å². The molecule has 2 saturated heterocycles. The van der Waals surface area contributed by atoms with Gasteiger partial charge in [-0.3, -0.25) is 4.79 Å². The van der Waals surface area contributed by atoms with Gasteiger partial charge in [0.25, 0.3) is 0 Å². The highest BCUT2D eigenvalue weighted by molar-refractivity contribution is 5.96. The normalized spacial score (nSPS) is 21.5. The van der Waals surface area contributed by atoms with Crippen LogP contribution in [0.25, 0.3) is 0 Å². The Balaban J connectivity index is 1.52. The van der Waals surface area contributed by atoms with Crippen molar-refractivity contribution in [3.8, 4) is 0 Å². The van der Waals surface area contributed by atoms with E-state index >= 15 is 0 Å². The number of hydrogen-bond acceptors (Lipinski definition) is 4. The zero-order valence-corrected chi connectivity index (χ0v) is 15.6. The summed E-state index contributed by atoms with van der Waals surface area (Å²) in [6.45, 7) is 6.56. The largest absolute Gasteiger partial charge is 0.380 e. The Morgan fingerprint density at radius 1 is 1.35 bits per heavy atom. The Bertz CT molecular complexity index is 664. The fourth-order valence-corrected chi connectivity index (χ4v) is 3.53. The van der Waals surface area contributed by atoms with Crippen molar-refractivity contribution in [2.45, 2.75) is 19.8 Å². The van der Waals surface area contributed by atoms with Crippen LogP contribution in [0, 0.1) is 12.8 Å². The van der Waals surface area contributed by atoms with Crippen molar-refractivity contribution >= 4 is 23.3 Å². The molecule has 142 valence electrons. The Labute approximate surface area is 154 Å².